The Morgan fingerprint density at radius 3 is 1.79 bits per heavy atom. The highest BCUT2D eigenvalue weighted by molar-refractivity contribution is 5.87. The summed E-state index contributed by atoms with van der Waals surface area (Å²) >= 11 is 0. The maximum atomic E-state index is 15.0. The smallest absolute Gasteiger partial charge is 0.187 e. The zero-order valence-electron chi connectivity index (χ0n) is 49.1. The standard InChI is InChI=1S/C57H94O29/c1-21(19-76-50-44(72)40(68)37(65)30(15-58)79-50)8-11-57(75-5)22(2)35-29(86-57)13-27-25-7-6-23-12-24(9-10-55(23,3)26(25)14-34(63)56(27,35)4)78-52-46(74)42(70)47(33(18-61)82-52)83-54-49(85-53-45(73)41(69)38(66)31(16-59)80-53)48(39(67)32(17-60)81-54)84-51-43(71)36(64)28(62)20-77-51/h21-33,35-54,58-62,64-74H,6-20H2,1-5H3. The van der Waals surface area contributed by atoms with Crippen molar-refractivity contribution in [3.8, 4) is 0 Å². The number of hydrogen-bond donors (Lipinski definition) is 16. The molecule has 0 amide bonds. The van der Waals surface area contributed by atoms with E-state index in [4.69, 9.17) is 56.8 Å². The van der Waals surface area contributed by atoms with Gasteiger partial charge in [0.25, 0.3) is 0 Å². The van der Waals surface area contributed by atoms with Crippen molar-refractivity contribution in [2.75, 3.05) is 46.8 Å². The van der Waals surface area contributed by atoms with Crippen LogP contribution in [0.5, 0.6) is 0 Å². The van der Waals surface area contributed by atoms with Crippen LogP contribution in [0, 0.1) is 52.3 Å². The third-order valence-electron chi connectivity index (χ3n) is 22.0. The van der Waals surface area contributed by atoms with Gasteiger partial charge in [0, 0.05) is 37.2 Å². The number of methoxy groups -OCH3 is 1. The molecule has 0 bridgehead atoms. The summed E-state index contributed by atoms with van der Waals surface area (Å²) in [6, 6.07) is 0. The first-order chi connectivity index (χ1) is 40.8. The van der Waals surface area contributed by atoms with Crippen LogP contribution in [0.1, 0.15) is 85.5 Å². The average Bonchev–Trinajstić information content (AvgIpc) is 1.48. The second-order valence-corrected chi connectivity index (χ2v) is 26.7. The van der Waals surface area contributed by atoms with E-state index in [1.807, 2.05) is 6.92 Å². The van der Waals surface area contributed by atoms with Gasteiger partial charge < -0.3 is 139 Å². The number of ether oxygens (including phenoxy) is 12. The molecule has 6 saturated heterocycles. The molecule has 10 fully saturated rings. The molecular weight excluding hydrogens is 1150 g/mol. The Morgan fingerprint density at radius 2 is 1.14 bits per heavy atom. The van der Waals surface area contributed by atoms with Gasteiger partial charge in [0.05, 0.1) is 51.8 Å². The lowest BCUT2D eigenvalue weighted by Crippen LogP contribution is -2.68. The van der Waals surface area contributed by atoms with Gasteiger partial charge in [-0.1, -0.05) is 27.7 Å². The van der Waals surface area contributed by atoms with Gasteiger partial charge in [-0.05, 0) is 80.0 Å². The molecule has 0 aromatic carbocycles. The van der Waals surface area contributed by atoms with Crippen LogP contribution in [0.4, 0.5) is 0 Å². The Labute approximate surface area is 497 Å². The molecule has 0 aromatic heterocycles. The first-order valence-electron chi connectivity index (χ1n) is 30.6. The molecule has 6 heterocycles. The quantitative estimate of drug-likeness (QED) is 0.0536. The Morgan fingerprint density at radius 1 is 0.581 bits per heavy atom. The summed E-state index contributed by atoms with van der Waals surface area (Å²) in [5.74, 6) is -0.553. The number of aliphatic hydroxyl groups is 16. The van der Waals surface area contributed by atoms with E-state index in [1.54, 1.807) is 7.11 Å². The van der Waals surface area contributed by atoms with Gasteiger partial charge in [0.1, 0.15) is 122 Å². The molecule has 86 heavy (non-hydrogen) atoms. The van der Waals surface area contributed by atoms with Gasteiger partial charge >= 0.3 is 0 Å². The molecule has 0 spiro atoms. The van der Waals surface area contributed by atoms with E-state index in [-0.39, 0.29) is 65.3 Å². The molecular formula is C57H94O29. The Kier molecular flexibility index (Phi) is 21.1. The van der Waals surface area contributed by atoms with Crippen molar-refractivity contribution in [2.24, 2.45) is 52.3 Å². The van der Waals surface area contributed by atoms with Crippen LogP contribution in [0.2, 0.25) is 0 Å². The summed E-state index contributed by atoms with van der Waals surface area (Å²) in [5, 5.41) is 170. The lowest BCUT2D eigenvalue weighted by Gasteiger charge is -2.60. The Bertz CT molecular complexity index is 2240. The minimum atomic E-state index is -2.04. The van der Waals surface area contributed by atoms with Crippen LogP contribution in [0.3, 0.4) is 0 Å². The van der Waals surface area contributed by atoms with E-state index in [0.717, 1.165) is 12.8 Å². The molecule has 36 atom stereocenters. The fraction of sp³-hybridized carbons (Fsp3) is 0.982. The number of aliphatic hydroxyl groups excluding tert-OH is 16. The van der Waals surface area contributed by atoms with E-state index < -0.39 is 198 Å². The van der Waals surface area contributed by atoms with E-state index in [0.29, 0.717) is 44.9 Å². The van der Waals surface area contributed by atoms with E-state index in [1.165, 1.54) is 0 Å². The van der Waals surface area contributed by atoms with Gasteiger partial charge in [-0.25, -0.2) is 0 Å². The number of rotatable bonds is 19. The molecule has 10 rings (SSSR count). The topological polar surface area (TPSA) is 452 Å². The second kappa shape index (κ2) is 26.9. The van der Waals surface area contributed by atoms with Crippen molar-refractivity contribution in [3.05, 3.63) is 0 Å². The highest BCUT2D eigenvalue weighted by Crippen LogP contribution is 2.70. The minimum absolute atomic E-state index is 0.0749. The lowest BCUT2D eigenvalue weighted by molar-refractivity contribution is -0.404. The number of carbonyl (C=O) groups excluding carboxylic acids is 1. The van der Waals surface area contributed by atoms with Gasteiger partial charge in [0.15, 0.2) is 37.2 Å². The number of carbonyl (C=O) groups is 1. The highest BCUT2D eigenvalue weighted by Gasteiger charge is 2.72. The van der Waals surface area contributed by atoms with Crippen molar-refractivity contribution in [1.82, 2.24) is 0 Å². The number of Topliss-reactive ketones (excluding diaryl/α,β-unsaturated/α-hetero) is 1. The first-order valence-corrected chi connectivity index (χ1v) is 30.6. The van der Waals surface area contributed by atoms with Crippen LogP contribution in [0.15, 0.2) is 0 Å². The molecule has 29 nitrogen and oxygen atoms in total. The molecule has 36 unspecified atom stereocenters. The molecule has 16 N–H and O–H groups in total. The monoisotopic (exact) mass is 1240 g/mol. The van der Waals surface area contributed by atoms with Crippen molar-refractivity contribution >= 4 is 5.78 Å². The largest absolute Gasteiger partial charge is 0.394 e. The van der Waals surface area contributed by atoms with E-state index in [2.05, 4.69) is 20.8 Å². The van der Waals surface area contributed by atoms with Crippen LogP contribution < -0.4 is 0 Å². The molecule has 10 aliphatic rings. The molecule has 4 saturated carbocycles. The fourth-order valence-corrected chi connectivity index (χ4v) is 16.8. The Hall–Kier alpha value is -1.45. The summed E-state index contributed by atoms with van der Waals surface area (Å²) in [7, 11) is 1.63. The maximum absolute atomic E-state index is 15.0. The van der Waals surface area contributed by atoms with Gasteiger partial charge in [-0.2, -0.15) is 0 Å². The molecule has 29 heteroatoms. The van der Waals surface area contributed by atoms with Gasteiger partial charge in [-0.3, -0.25) is 4.79 Å². The summed E-state index contributed by atoms with van der Waals surface area (Å²) in [6.45, 7) is 4.89. The third-order valence-corrected chi connectivity index (χ3v) is 22.0. The zero-order valence-corrected chi connectivity index (χ0v) is 49.1. The fourth-order valence-electron chi connectivity index (χ4n) is 16.8. The van der Waals surface area contributed by atoms with Crippen LogP contribution in [-0.4, -0.2) is 300 Å². The predicted molar refractivity (Wildman–Crippen MR) is 283 cm³/mol. The summed E-state index contributed by atoms with van der Waals surface area (Å²) < 4.78 is 72.4. The normalized spacial score (nSPS) is 54.4. The van der Waals surface area contributed by atoms with Crippen molar-refractivity contribution in [1.29, 1.82) is 0 Å². The predicted octanol–water partition coefficient (Wildman–Crippen LogP) is -5.66. The molecule has 6 aliphatic heterocycles. The lowest BCUT2D eigenvalue weighted by atomic mass is 9.44. The summed E-state index contributed by atoms with van der Waals surface area (Å²) in [6.07, 6.45) is -35.8. The second-order valence-electron chi connectivity index (χ2n) is 26.7. The third kappa shape index (κ3) is 12.0. The number of hydrogen-bond acceptors (Lipinski definition) is 29. The van der Waals surface area contributed by atoms with Crippen LogP contribution in [-0.2, 0) is 61.6 Å². The van der Waals surface area contributed by atoms with Crippen LogP contribution in [0.25, 0.3) is 0 Å². The average molecular weight is 1240 g/mol. The maximum Gasteiger partial charge on any atom is 0.187 e. The molecule has 496 valence electrons. The van der Waals surface area contributed by atoms with Crippen molar-refractivity contribution in [3.63, 3.8) is 0 Å². The van der Waals surface area contributed by atoms with Crippen molar-refractivity contribution in [2.45, 2.75) is 251 Å². The summed E-state index contributed by atoms with van der Waals surface area (Å²) in [5.41, 5.74) is -0.904. The molecule has 0 aromatic rings. The highest BCUT2D eigenvalue weighted by atomic mass is 16.8. The Balaban J connectivity index is 0.774. The van der Waals surface area contributed by atoms with Crippen LogP contribution >= 0.6 is 0 Å². The first kappa shape index (κ1) is 67.4. The van der Waals surface area contributed by atoms with E-state index >= 15 is 0 Å². The molecule has 0 radical (unpaired) electrons. The number of ketones is 1. The molecule has 4 aliphatic carbocycles. The minimum Gasteiger partial charge on any atom is -0.394 e. The van der Waals surface area contributed by atoms with Gasteiger partial charge in [-0.15, -0.1) is 0 Å². The summed E-state index contributed by atoms with van der Waals surface area (Å²) in [4.78, 5) is 15.0. The van der Waals surface area contributed by atoms with Crippen molar-refractivity contribution < 1.29 is 143 Å². The number of fused-ring (bicyclic) bond motifs is 7. The van der Waals surface area contributed by atoms with Gasteiger partial charge in [0.2, 0.25) is 0 Å². The zero-order chi connectivity index (χ0) is 62.2. The SMILES string of the molecule is COC1(CCC(C)COC2OC(CO)C(O)C(O)C2O)OC2CC3C4CCC5CC(OC6OC(CO)C(OC7OC(CO)C(O)C(OC8OCC(O)C(O)C8O)C7OC7OC(CO)C(O)C(O)C7O)C(O)C6O)CCC5(C)C4CC(=O)C3(C)C2C1C. The van der Waals surface area contributed by atoms with E-state index in [9.17, 15) is 86.5 Å².